The molecule has 0 aromatic heterocycles. The molecular formula is C13H25N. The van der Waals surface area contributed by atoms with Gasteiger partial charge in [-0.05, 0) is 44.8 Å². The third kappa shape index (κ3) is 5.26. The van der Waals surface area contributed by atoms with Crippen molar-refractivity contribution in [2.75, 3.05) is 14.1 Å². The molecule has 0 aliphatic rings. The van der Waals surface area contributed by atoms with Gasteiger partial charge in [0.2, 0.25) is 0 Å². The maximum Gasteiger partial charge on any atom is 0.00868 e. The summed E-state index contributed by atoms with van der Waals surface area (Å²) < 4.78 is 0. The third-order valence-corrected chi connectivity index (χ3v) is 2.82. The molecule has 0 spiro atoms. The summed E-state index contributed by atoms with van der Waals surface area (Å²) in [5.74, 6) is 0. The van der Waals surface area contributed by atoms with Gasteiger partial charge in [-0.2, -0.15) is 0 Å². The van der Waals surface area contributed by atoms with Gasteiger partial charge in [0.1, 0.15) is 0 Å². The first kappa shape index (κ1) is 13.5. The molecule has 1 unspecified atom stereocenters. The standard InChI is InChI=1S/C13H25N/c1-7-10-13(3,4)11-9-12(8-2)14(5)6/h10,12H,1,8-9,11H2,2-6H3. The van der Waals surface area contributed by atoms with Gasteiger partial charge in [-0.3, -0.25) is 0 Å². The third-order valence-electron chi connectivity index (χ3n) is 2.82. The Kier molecular flexibility index (Phi) is 5.83. The van der Waals surface area contributed by atoms with Crippen molar-refractivity contribution in [1.29, 1.82) is 0 Å². The summed E-state index contributed by atoms with van der Waals surface area (Å²) in [7, 11) is 4.31. The van der Waals surface area contributed by atoms with Gasteiger partial charge in [0, 0.05) is 6.04 Å². The van der Waals surface area contributed by atoms with Crippen LogP contribution in [0, 0.1) is 5.41 Å². The van der Waals surface area contributed by atoms with Crippen molar-refractivity contribution < 1.29 is 0 Å². The highest BCUT2D eigenvalue weighted by Gasteiger charge is 2.17. The van der Waals surface area contributed by atoms with E-state index in [9.17, 15) is 0 Å². The minimum Gasteiger partial charge on any atom is -0.306 e. The highest BCUT2D eigenvalue weighted by atomic mass is 15.1. The SMILES string of the molecule is C=C=CC(C)(C)CCC(CC)N(C)C. The van der Waals surface area contributed by atoms with Crippen molar-refractivity contribution in [2.45, 2.75) is 46.1 Å². The topological polar surface area (TPSA) is 3.24 Å². The largest absolute Gasteiger partial charge is 0.306 e. The van der Waals surface area contributed by atoms with E-state index >= 15 is 0 Å². The van der Waals surface area contributed by atoms with E-state index in [1.165, 1.54) is 19.3 Å². The number of hydrogen-bond donors (Lipinski definition) is 0. The van der Waals surface area contributed by atoms with Crippen LogP contribution < -0.4 is 0 Å². The van der Waals surface area contributed by atoms with Gasteiger partial charge >= 0.3 is 0 Å². The molecule has 0 aromatic carbocycles. The predicted octanol–water partition coefficient (Wildman–Crippen LogP) is 3.47. The van der Waals surface area contributed by atoms with Gasteiger partial charge in [-0.25, -0.2) is 0 Å². The average Bonchev–Trinajstić information content (AvgIpc) is 2.04. The van der Waals surface area contributed by atoms with Crippen molar-refractivity contribution in [3.05, 3.63) is 18.4 Å². The maximum atomic E-state index is 3.64. The second-order valence-electron chi connectivity index (χ2n) is 4.90. The minimum atomic E-state index is 0.241. The second-order valence-corrected chi connectivity index (χ2v) is 4.90. The summed E-state index contributed by atoms with van der Waals surface area (Å²) in [5.41, 5.74) is 3.13. The normalized spacial score (nSPS) is 13.9. The Balaban J connectivity index is 4.08. The monoisotopic (exact) mass is 195 g/mol. The van der Waals surface area contributed by atoms with E-state index in [1.807, 2.05) is 0 Å². The lowest BCUT2D eigenvalue weighted by Gasteiger charge is -2.27. The maximum absolute atomic E-state index is 3.64. The molecule has 0 radical (unpaired) electrons. The molecule has 0 aliphatic carbocycles. The van der Waals surface area contributed by atoms with Crippen LogP contribution in [0.25, 0.3) is 0 Å². The van der Waals surface area contributed by atoms with Gasteiger partial charge < -0.3 is 4.90 Å². The Morgan fingerprint density at radius 2 is 2.00 bits per heavy atom. The van der Waals surface area contributed by atoms with Gasteiger partial charge in [0.15, 0.2) is 0 Å². The van der Waals surface area contributed by atoms with Crippen LogP contribution in [0.3, 0.4) is 0 Å². The van der Waals surface area contributed by atoms with E-state index in [4.69, 9.17) is 0 Å². The predicted molar refractivity (Wildman–Crippen MR) is 64.5 cm³/mol. The lowest BCUT2D eigenvalue weighted by Crippen LogP contribution is -2.28. The minimum absolute atomic E-state index is 0.241. The van der Waals surface area contributed by atoms with Crippen molar-refractivity contribution in [2.24, 2.45) is 5.41 Å². The van der Waals surface area contributed by atoms with Gasteiger partial charge in [-0.15, -0.1) is 5.73 Å². The van der Waals surface area contributed by atoms with E-state index in [1.54, 1.807) is 0 Å². The fourth-order valence-corrected chi connectivity index (χ4v) is 1.71. The van der Waals surface area contributed by atoms with Gasteiger partial charge in [0.25, 0.3) is 0 Å². The van der Waals surface area contributed by atoms with Crippen LogP contribution in [0.4, 0.5) is 0 Å². The molecule has 1 atom stereocenters. The molecule has 0 heterocycles. The summed E-state index contributed by atoms with van der Waals surface area (Å²) in [6, 6.07) is 0.701. The van der Waals surface area contributed by atoms with Crippen LogP contribution in [0.5, 0.6) is 0 Å². The first-order valence-electron chi connectivity index (χ1n) is 5.46. The fourth-order valence-electron chi connectivity index (χ4n) is 1.71. The summed E-state index contributed by atoms with van der Waals surface area (Å²) >= 11 is 0. The second kappa shape index (κ2) is 6.06. The molecule has 0 bridgehead atoms. The Bertz CT molecular complexity index is 197. The van der Waals surface area contributed by atoms with E-state index in [0.29, 0.717) is 6.04 Å². The molecular weight excluding hydrogens is 170 g/mol. The Labute approximate surface area is 89.5 Å². The molecule has 82 valence electrons. The lowest BCUT2D eigenvalue weighted by molar-refractivity contribution is 0.244. The first-order valence-corrected chi connectivity index (χ1v) is 5.46. The zero-order valence-electron chi connectivity index (χ0n) is 10.4. The summed E-state index contributed by atoms with van der Waals surface area (Å²) in [5, 5.41) is 0. The van der Waals surface area contributed by atoms with E-state index in [-0.39, 0.29) is 5.41 Å². The van der Waals surface area contributed by atoms with E-state index < -0.39 is 0 Å². The number of rotatable bonds is 6. The number of allylic oxidation sites excluding steroid dienone is 1. The van der Waals surface area contributed by atoms with Crippen molar-refractivity contribution in [1.82, 2.24) is 4.90 Å². The van der Waals surface area contributed by atoms with Crippen molar-refractivity contribution in [3.63, 3.8) is 0 Å². The molecule has 0 fully saturated rings. The summed E-state index contributed by atoms with van der Waals surface area (Å²) in [4.78, 5) is 2.31. The molecule has 0 amide bonds. The van der Waals surface area contributed by atoms with Crippen LogP contribution in [-0.2, 0) is 0 Å². The van der Waals surface area contributed by atoms with Gasteiger partial charge in [-0.1, -0.05) is 27.4 Å². The van der Waals surface area contributed by atoms with Crippen LogP contribution in [0.2, 0.25) is 0 Å². The number of hydrogen-bond acceptors (Lipinski definition) is 1. The molecule has 0 rings (SSSR count). The van der Waals surface area contributed by atoms with Crippen LogP contribution in [0.1, 0.15) is 40.0 Å². The van der Waals surface area contributed by atoms with Crippen molar-refractivity contribution in [3.8, 4) is 0 Å². The van der Waals surface area contributed by atoms with Crippen LogP contribution >= 0.6 is 0 Å². The molecule has 0 aliphatic heterocycles. The lowest BCUT2D eigenvalue weighted by atomic mass is 9.86. The zero-order chi connectivity index (χ0) is 11.2. The molecule has 0 N–H and O–H groups in total. The van der Waals surface area contributed by atoms with Crippen LogP contribution in [0.15, 0.2) is 18.4 Å². The Hall–Kier alpha value is -0.520. The fraction of sp³-hybridized carbons (Fsp3) is 0.769. The average molecular weight is 195 g/mol. The Morgan fingerprint density at radius 1 is 1.43 bits per heavy atom. The Morgan fingerprint density at radius 3 is 2.36 bits per heavy atom. The molecule has 0 saturated carbocycles. The first-order chi connectivity index (χ1) is 6.43. The highest BCUT2D eigenvalue weighted by Crippen LogP contribution is 2.25. The van der Waals surface area contributed by atoms with E-state index in [0.717, 1.165) is 0 Å². The smallest absolute Gasteiger partial charge is 0.00868 e. The molecule has 14 heavy (non-hydrogen) atoms. The molecule has 1 heteroatoms. The van der Waals surface area contributed by atoms with Crippen LogP contribution in [-0.4, -0.2) is 25.0 Å². The zero-order valence-corrected chi connectivity index (χ0v) is 10.4. The number of nitrogens with zero attached hydrogens (tertiary/aromatic N) is 1. The van der Waals surface area contributed by atoms with Crippen molar-refractivity contribution >= 4 is 0 Å². The summed E-state index contributed by atoms with van der Waals surface area (Å²) in [6.07, 6.45) is 5.75. The van der Waals surface area contributed by atoms with Gasteiger partial charge in [0.05, 0.1) is 0 Å². The highest BCUT2D eigenvalue weighted by molar-refractivity contribution is 4.92. The molecule has 0 aromatic rings. The van der Waals surface area contributed by atoms with E-state index in [2.05, 4.69) is 58.2 Å². The quantitative estimate of drug-likeness (QED) is 0.587. The molecule has 0 saturated heterocycles. The molecule has 1 nitrogen and oxygen atoms in total. The summed E-state index contributed by atoms with van der Waals surface area (Å²) in [6.45, 7) is 10.4.